The van der Waals surface area contributed by atoms with Gasteiger partial charge in [-0.2, -0.15) is 9.40 Å². The van der Waals surface area contributed by atoms with E-state index in [0.717, 1.165) is 11.3 Å². The lowest BCUT2D eigenvalue weighted by atomic mass is 10.1. The molecule has 28 heavy (non-hydrogen) atoms. The second-order valence-electron chi connectivity index (χ2n) is 6.51. The number of nitrogens with zero attached hydrogens (tertiary/aromatic N) is 5. The highest BCUT2D eigenvalue weighted by Crippen LogP contribution is 2.29. The Morgan fingerprint density at radius 3 is 2.61 bits per heavy atom. The monoisotopic (exact) mass is 417 g/mol. The van der Waals surface area contributed by atoms with E-state index in [9.17, 15) is 13.2 Å². The minimum absolute atomic E-state index is 0.0749. The summed E-state index contributed by atoms with van der Waals surface area (Å²) in [5.74, 6) is -0.0749. The molecule has 1 saturated heterocycles. The third kappa shape index (κ3) is 3.46. The van der Waals surface area contributed by atoms with Gasteiger partial charge in [0.05, 0.1) is 0 Å². The molecule has 1 aliphatic rings. The standard InChI is InChI=1S/C18H19N5O3S2/c1-14-11-21(18(24)15-5-3-2-4-6-15)9-10-23(14)28(25,26)17-8-7-16(27-17)22-13-19-12-20-22/h2-8,12-14H,9-11H2,1H3. The van der Waals surface area contributed by atoms with Crippen molar-refractivity contribution in [2.45, 2.75) is 17.2 Å². The maximum atomic E-state index is 13.1. The van der Waals surface area contributed by atoms with Gasteiger partial charge in [0.15, 0.2) is 0 Å². The van der Waals surface area contributed by atoms with Gasteiger partial charge in [-0.25, -0.2) is 18.1 Å². The Morgan fingerprint density at radius 2 is 1.93 bits per heavy atom. The highest BCUT2D eigenvalue weighted by Gasteiger charge is 2.36. The van der Waals surface area contributed by atoms with E-state index in [2.05, 4.69) is 10.1 Å². The third-order valence-corrected chi connectivity index (χ3v) is 8.21. The van der Waals surface area contributed by atoms with Gasteiger partial charge in [-0.1, -0.05) is 18.2 Å². The summed E-state index contributed by atoms with van der Waals surface area (Å²) < 4.78 is 29.5. The van der Waals surface area contributed by atoms with Gasteiger partial charge in [0.2, 0.25) is 0 Å². The molecule has 146 valence electrons. The van der Waals surface area contributed by atoms with Crippen molar-refractivity contribution in [2.75, 3.05) is 19.6 Å². The van der Waals surface area contributed by atoms with Crippen LogP contribution >= 0.6 is 11.3 Å². The molecule has 1 aromatic carbocycles. The fourth-order valence-electron chi connectivity index (χ4n) is 3.26. The number of aromatic nitrogens is 3. The largest absolute Gasteiger partial charge is 0.336 e. The number of benzene rings is 1. The summed E-state index contributed by atoms with van der Waals surface area (Å²) in [4.78, 5) is 18.2. The van der Waals surface area contributed by atoms with Crippen LogP contribution in [0.3, 0.4) is 0 Å². The highest BCUT2D eigenvalue weighted by atomic mass is 32.2. The molecule has 0 radical (unpaired) electrons. The van der Waals surface area contributed by atoms with Gasteiger partial charge in [0.25, 0.3) is 15.9 Å². The van der Waals surface area contributed by atoms with E-state index in [-0.39, 0.29) is 22.7 Å². The van der Waals surface area contributed by atoms with Crippen LogP contribution in [0.1, 0.15) is 17.3 Å². The molecule has 3 heterocycles. The van der Waals surface area contributed by atoms with Crippen LogP contribution in [0.15, 0.2) is 59.3 Å². The van der Waals surface area contributed by atoms with Crippen molar-refractivity contribution >= 4 is 27.3 Å². The van der Waals surface area contributed by atoms with E-state index in [4.69, 9.17) is 0 Å². The Labute approximate surface area is 167 Å². The first-order valence-corrected chi connectivity index (χ1v) is 11.0. The van der Waals surface area contributed by atoms with Gasteiger partial charge in [0, 0.05) is 31.2 Å². The summed E-state index contributed by atoms with van der Waals surface area (Å²) in [6.07, 6.45) is 2.93. The predicted octanol–water partition coefficient (Wildman–Crippen LogP) is 1.86. The third-order valence-electron chi connectivity index (χ3n) is 4.65. The van der Waals surface area contributed by atoms with Crippen LogP contribution in [0.2, 0.25) is 0 Å². The molecule has 1 fully saturated rings. The Balaban J connectivity index is 1.50. The minimum atomic E-state index is -3.64. The number of hydrogen-bond acceptors (Lipinski definition) is 6. The molecule has 0 bridgehead atoms. The van der Waals surface area contributed by atoms with Crippen LogP contribution in [0.4, 0.5) is 0 Å². The fraction of sp³-hybridized carbons (Fsp3) is 0.278. The van der Waals surface area contributed by atoms with Crippen molar-refractivity contribution in [3.8, 4) is 5.00 Å². The molecule has 0 N–H and O–H groups in total. The summed E-state index contributed by atoms with van der Waals surface area (Å²) in [6, 6.07) is 12.0. The molecule has 0 saturated carbocycles. The van der Waals surface area contributed by atoms with Crippen molar-refractivity contribution in [1.82, 2.24) is 24.0 Å². The van der Waals surface area contributed by atoms with Gasteiger partial charge in [-0.05, 0) is 31.2 Å². The number of hydrogen-bond donors (Lipinski definition) is 0. The molecule has 4 rings (SSSR count). The number of carbonyl (C=O) groups is 1. The summed E-state index contributed by atoms with van der Waals surface area (Å²) in [7, 11) is -3.64. The van der Waals surface area contributed by atoms with Crippen LogP contribution in [-0.2, 0) is 10.0 Å². The lowest BCUT2D eigenvalue weighted by molar-refractivity contribution is 0.0642. The Bertz CT molecular complexity index is 1060. The molecular weight excluding hydrogens is 398 g/mol. The highest BCUT2D eigenvalue weighted by molar-refractivity contribution is 7.91. The first kappa shape index (κ1) is 18.8. The van der Waals surface area contributed by atoms with Crippen molar-refractivity contribution in [3.05, 3.63) is 60.7 Å². The van der Waals surface area contributed by atoms with Crippen LogP contribution < -0.4 is 0 Å². The second kappa shape index (κ2) is 7.46. The van der Waals surface area contributed by atoms with Gasteiger partial charge in [0.1, 0.15) is 21.9 Å². The normalized spacial score (nSPS) is 18.3. The second-order valence-corrected chi connectivity index (χ2v) is 9.69. The minimum Gasteiger partial charge on any atom is -0.336 e. The van der Waals surface area contributed by atoms with Gasteiger partial charge >= 0.3 is 0 Å². The Kier molecular flexibility index (Phi) is 5.00. The fourth-order valence-corrected chi connectivity index (χ4v) is 6.22. The molecule has 1 amide bonds. The quantitative estimate of drug-likeness (QED) is 0.647. The van der Waals surface area contributed by atoms with E-state index >= 15 is 0 Å². The van der Waals surface area contributed by atoms with Crippen LogP contribution in [0.5, 0.6) is 0 Å². The topological polar surface area (TPSA) is 88.4 Å². The zero-order valence-corrected chi connectivity index (χ0v) is 16.8. The zero-order chi connectivity index (χ0) is 19.7. The number of rotatable bonds is 4. The number of amides is 1. The molecule has 8 nitrogen and oxygen atoms in total. The van der Waals surface area contributed by atoms with E-state index in [0.29, 0.717) is 23.7 Å². The van der Waals surface area contributed by atoms with Crippen LogP contribution in [0.25, 0.3) is 5.00 Å². The van der Waals surface area contributed by atoms with Crippen molar-refractivity contribution in [3.63, 3.8) is 0 Å². The smallest absolute Gasteiger partial charge is 0.253 e. The van der Waals surface area contributed by atoms with Gasteiger partial charge < -0.3 is 4.90 Å². The van der Waals surface area contributed by atoms with E-state index in [1.54, 1.807) is 29.2 Å². The molecule has 10 heteroatoms. The van der Waals surface area contributed by atoms with Crippen LogP contribution in [-0.4, -0.2) is 64.0 Å². The first-order valence-electron chi connectivity index (χ1n) is 8.78. The molecule has 1 aliphatic heterocycles. The first-order chi connectivity index (χ1) is 13.5. The zero-order valence-electron chi connectivity index (χ0n) is 15.2. The maximum absolute atomic E-state index is 13.1. The van der Waals surface area contributed by atoms with E-state index in [1.807, 2.05) is 25.1 Å². The molecule has 1 unspecified atom stereocenters. The van der Waals surface area contributed by atoms with Gasteiger partial charge in [-0.15, -0.1) is 11.3 Å². The number of carbonyl (C=O) groups excluding carboxylic acids is 1. The van der Waals surface area contributed by atoms with Crippen molar-refractivity contribution in [1.29, 1.82) is 0 Å². The predicted molar refractivity (Wildman–Crippen MR) is 105 cm³/mol. The maximum Gasteiger partial charge on any atom is 0.253 e. The number of thiophene rings is 1. The molecule has 3 aromatic rings. The Hall–Kier alpha value is -2.56. The summed E-state index contributed by atoms with van der Waals surface area (Å²) in [6.45, 7) is 2.80. The van der Waals surface area contributed by atoms with Crippen LogP contribution in [0, 0.1) is 0 Å². The molecule has 2 aromatic heterocycles. The molecule has 0 aliphatic carbocycles. The lowest BCUT2D eigenvalue weighted by Gasteiger charge is -2.38. The Morgan fingerprint density at radius 1 is 1.14 bits per heavy atom. The lowest BCUT2D eigenvalue weighted by Crippen LogP contribution is -2.55. The molecular formula is C18H19N5O3S2. The van der Waals surface area contributed by atoms with E-state index < -0.39 is 10.0 Å². The SMILES string of the molecule is CC1CN(C(=O)c2ccccc2)CCN1S(=O)(=O)c1ccc(-n2cncn2)s1. The van der Waals surface area contributed by atoms with E-state index in [1.165, 1.54) is 21.6 Å². The molecule has 0 spiro atoms. The summed E-state index contributed by atoms with van der Waals surface area (Å²) in [5.41, 5.74) is 0.613. The average molecular weight is 418 g/mol. The van der Waals surface area contributed by atoms with Gasteiger partial charge in [-0.3, -0.25) is 4.79 Å². The number of piperazine rings is 1. The van der Waals surface area contributed by atoms with Crippen molar-refractivity contribution < 1.29 is 13.2 Å². The summed E-state index contributed by atoms with van der Waals surface area (Å²) >= 11 is 1.15. The van der Waals surface area contributed by atoms with Crippen molar-refractivity contribution in [2.24, 2.45) is 0 Å². The summed E-state index contributed by atoms with van der Waals surface area (Å²) in [5, 5.41) is 4.71. The molecule has 1 atom stereocenters. The average Bonchev–Trinajstić information content (AvgIpc) is 3.39. The number of sulfonamides is 1.